The molecule has 0 aliphatic carbocycles. The maximum atomic E-state index is 11.6. The molecule has 9 heteroatoms. The number of hydrogen-bond donors (Lipinski definition) is 1. The Bertz CT molecular complexity index is 619. The van der Waals surface area contributed by atoms with Crippen LogP contribution in [-0.2, 0) is 26.1 Å². The Morgan fingerprint density at radius 3 is 3.09 bits per heavy atom. The quantitative estimate of drug-likeness (QED) is 0.806. The van der Waals surface area contributed by atoms with E-state index < -0.39 is 10.0 Å². The number of sulfonamides is 1. The van der Waals surface area contributed by atoms with Crippen LogP contribution >= 0.6 is 11.3 Å². The second kappa shape index (κ2) is 6.50. The summed E-state index contributed by atoms with van der Waals surface area (Å²) in [5.74, 6) is 0. The van der Waals surface area contributed by atoms with Crippen molar-refractivity contribution in [3.8, 4) is 0 Å². The molecular formula is C13H21N3O4S2. The molecule has 1 aromatic heterocycles. The maximum absolute atomic E-state index is 11.6. The van der Waals surface area contributed by atoms with Crippen LogP contribution in [0.25, 0.3) is 0 Å². The monoisotopic (exact) mass is 347 g/mol. The third-order valence-corrected chi connectivity index (χ3v) is 5.50. The normalized spacial score (nSPS) is 29.6. The molecule has 2 saturated heterocycles. The smallest absolute Gasteiger partial charge is 0.209 e. The summed E-state index contributed by atoms with van der Waals surface area (Å²) in [6.07, 6.45) is 0.957. The lowest BCUT2D eigenvalue weighted by Crippen LogP contribution is -2.48. The zero-order valence-corrected chi connectivity index (χ0v) is 14.3. The van der Waals surface area contributed by atoms with Crippen LogP contribution in [-0.4, -0.2) is 69.0 Å². The van der Waals surface area contributed by atoms with E-state index in [1.54, 1.807) is 11.3 Å². The van der Waals surface area contributed by atoms with Crippen LogP contribution in [0.2, 0.25) is 0 Å². The predicted molar refractivity (Wildman–Crippen MR) is 83.4 cm³/mol. The second-order valence-corrected chi connectivity index (χ2v) is 8.61. The molecule has 2 aliphatic heterocycles. The average molecular weight is 347 g/mol. The lowest BCUT2D eigenvalue weighted by Gasteiger charge is -2.32. The number of hydrogen-bond acceptors (Lipinski definition) is 7. The van der Waals surface area contributed by atoms with Crippen LogP contribution < -0.4 is 4.72 Å². The fourth-order valence-electron chi connectivity index (χ4n) is 3.07. The van der Waals surface area contributed by atoms with E-state index in [4.69, 9.17) is 9.47 Å². The van der Waals surface area contributed by atoms with E-state index in [0.29, 0.717) is 26.4 Å². The highest BCUT2D eigenvalue weighted by molar-refractivity contribution is 7.88. The van der Waals surface area contributed by atoms with Crippen molar-refractivity contribution in [1.82, 2.24) is 14.6 Å². The van der Waals surface area contributed by atoms with Crippen molar-refractivity contribution in [2.45, 2.75) is 31.7 Å². The average Bonchev–Trinajstić information content (AvgIpc) is 2.98. The Morgan fingerprint density at radius 1 is 1.59 bits per heavy atom. The van der Waals surface area contributed by atoms with Gasteiger partial charge in [-0.3, -0.25) is 4.90 Å². The van der Waals surface area contributed by atoms with Gasteiger partial charge < -0.3 is 9.47 Å². The molecule has 3 atom stereocenters. The van der Waals surface area contributed by atoms with E-state index in [1.165, 1.54) is 6.26 Å². The summed E-state index contributed by atoms with van der Waals surface area (Å²) in [7, 11) is -3.27. The Kier molecular flexibility index (Phi) is 4.81. The number of aryl methyl sites for hydroxylation is 1. The van der Waals surface area contributed by atoms with E-state index in [2.05, 4.69) is 14.6 Å². The first-order chi connectivity index (χ1) is 10.4. The highest BCUT2D eigenvalue weighted by Gasteiger charge is 2.45. The lowest BCUT2D eigenvalue weighted by molar-refractivity contribution is -0.0530. The molecule has 0 saturated carbocycles. The van der Waals surface area contributed by atoms with Crippen molar-refractivity contribution in [1.29, 1.82) is 0 Å². The summed E-state index contributed by atoms with van der Waals surface area (Å²) in [4.78, 5) is 6.62. The Hall–Kier alpha value is -0.580. The third-order valence-electron chi connectivity index (χ3n) is 3.94. The summed E-state index contributed by atoms with van der Waals surface area (Å²) >= 11 is 1.58. The molecular weight excluding hydrogens is 326 g/mol. The van der Waals surface area contributed by atoms with Gasteiger partial charge in [0.25, 0.3) is 0 Å². The molecule has 0 radical (unpaired) electrons. The van der Waals surface area contributed by atoms with Crippen molar-refractivity contribution in [2.24, 2.45) is 0 Å². The molecule has 0 spiro atoms. The first-order valence-corrected chi connectivity index (χ1v) is 10.0. The maximum Gasteiger partial charge on any atom is 0.209 e. The lowest BCUT2D eigenvalue weighted by atomic mass is 10.1. The van der Waals surface area contributed by atoms with Crippen LogP contribution in [0.15, 0.2) is 5.38 Å². The number of ether oxygens (including phenoxy) is 2. The molecule has 7 nitrogen and oxygen atoms in total. The second-order valence-electron chi connectivity index (χ2n) is 5.77. The highest BCUT2D eigenvalue weighted by atomic mass is 32.2. The van der Waals surface area contributed by atoms with Crippen LogP contribution in [0.5, 0.6) is 0 Å². The zero-order chi connectivity index (χ0) is 15.7. The number of nitrogens with one attached hydrogen (secondary N) is 1. The number of fused-ring (bicyclic) bond motifs is 1. The zero-order valence-electron chi connectivity index (χ0n) is 12.7. The molecule has 124 valence electrons. The van der Waals surface area contributed by atoms with E-state index in [-0.39, 0.29) is 18.2 Å². The van der Waals surface area contributed by atoms with Gasteiger partial charge in [0.05, 0.1) is 55.0 Å². The first-order valence-electron chi connectivity index (χ1n) is 7.24. The van der Waals surface area contributed by atoms with Gasteiger partial charge in [-0.2, -0.15) is 0 Å². The van der Waals surface area contributed by atoms with Crippen molar-refractivity contribution < 1.29 is 17.9 Å². The van der Waals surface area contributed by atoms with Crippen molar-refractivity contribution in [3.05, 3.63) is 16.1 Å². The number of morpholine rings is 1. The van der Waals surface area contributed by atoms with Gasteiger partial charge in [0.15, 0.2) is 0 Å². The fraction of sp³-hybridized carbons (Fsp3) is 0.769. The Labute approximate surface area is 134 Å². The van der Waals surface area contributed by atoms with Gasteiger partial charge in [0.1, 0.15) is 0 Å². The van der Waals surface area contributed by atoms with Crippen molar-refractivity contribution >= 4 is 21.4 Å². The van der Waals surface area contributed by atoms with Gasteiger partial charge in [-0.1, -0.05) is 0 Å². The van der Waals surface area contributed by atoms with Crippen molar-refractivity contribution in [3.63, 3.8) is 0 Å². The topological polar surface area (TPSA) is 80.8 Å². The summed E-state index contributed by atoms with van der Waals surface area (Å²) < 4.78 is 37.4. The van der Waals surface area contributed by atoms with E-state index in [0.717, 1.165) is 17.2 Å². The molecule has 3 rings (SSSR count). The standard InChI is InChI=1S/C13H21N3O4S2/c1-9-14-10(8-21-9)6-20-13-11(15-22(2,17)18)5-16-3-4-19-7-12(13)16/h8,11-13,15H,3-7H2,1-2H3/t11-,12-,13+/m0/s1. The molecule has 1 aromatic rings. The third kappa shape index (κ3) is 3.84. The summed E-state index contributed by atoms with van der Waals surface area (Å²) in [5, 5.41) is 2.97. The van der Waals surface area contributed by atoms with Crippen molar-refractivity contribution in [2.75, 3.05) is 32.6 Å². The summed E-state index contributed by atoms with van der Waals surface area (Å²) in [6.45, 7) is 5.06. The van der Waals surface area contributed by atoms with Gasteiger partial charge in [-0.15, -0.1) is 11.3 Å². The molecule has 22 heavy (non-hydrogen) atoms. The van der Waals surface area contributed by atoms with E-state index in [1.807, 2.05) is 12.3 Å². The minimum atomic E-state index is -3.27. The van der Waals surface area contributed by atoms with E-state index >= 15 is 0 Å². The fourth-order valence-corrected chi connectivity index (χ4v) is 4.43. The van der Waals surface area contributed by atoms with Gasteiger partial charge in [-0.25, -0.2) is 18.1 Å². The van der Waals surface area contributed by atoms with Gasteiger partial charge in [0, 0.05) is 18.5 Å². The predicted octanol–water partition coefficient (Wildman–Crippen LogP) is -0.0311. The Morgan fingerprint density at radius 2 is 2.41 bits per heavy atom. The highest BCUT2D eigenvalue weighted by Crippen LogP contribution is 2.25. The number of aromatic nitrogens is 1. The largest absolute Gasteiger partial charge is 0.378 e. The minimum absolute atomic E-state index is 0.0905. The molecule has 1 N–H and O–H groups in total. The SMILES string of the molecule is Cc1nc(CO[C@@H]2[C@@H](NS(C)(=O)=O)CN3CCOC[C@@H]23)cs1. The number of nitrogens with zero attached hydrogens (tertiary/aromatic N) is 2. The Balaban J connectivity index is 1.70. The molecule has 3 heterocycles. The summed E-state index contributed by atoms with van der Waals surface area (Å²) in [6, 6.07) is -0.158. The molecule has 0 amide bonds. The summed E-state index contributed by atoms with van der Waals surface area (Å²) in [5.41, 5.74) is 0.885. The van der Waals surface area contributed by atoms with Gasteiger partial charge in [-0.05, 0) is 6.92 Å². The molecule has 2 aliphatic rings. The molecule has 2 fully saturated rings. The van der Waals surface area contributed by atoms with E-state index in [9.17, 15) is 8.42 Å². The number of rotatable bonds is 5. The van der Waals surface area contributed by atoms with Crippen LogP contribution in [0.3, 0.4) is 0 Å². The van der Waals surface area contributed by atoms with Crippen LogP contribution in [0.1, 0.15) is 10.7 Å². The van der Waals surface area contributed by atoms with Crippen LogP contribution in [0, 0.1) is 6.92 Å². The first kappa shape index (κ1) is 16.3. The van der Waals surface area contributed by atoms with Gasteiger partial charge in [0.2, 0.25) is 10.0 Å². The molecule has 0 aromatic carbocycles. The minimum Gasteiger partial charge on any atom is -0.378 e. The van der Waals surface area contributed by atoms with Gasteiger partial charge >= 0.3 is 0 Å². The number of thiazole rings is 1. The molecule has 0 unspecified atom stereocenters. The van der Waals surface area contributed by atoms with Crippen LogP contribution in [0.4, 0.5) is 0 Å². The molecule has 0 bridgehead atoms.